The fourth-order valence-electron chi connectivity index (χ4n) is 2.30. The molecule has 1 fully saturated rings. The molecule has 0 bridgehead atoms. The van der Waals surface area contributed by atoms with E-state index in [9.17, 15) is 4.79 Å². The molecule has 1 saturated heterocycles. The van der Waals surface area contributed by atoms with Crippen LogP contribution in [0, 0.1) is 0 Å². The number of carbonyl (C=O) groups is 1. The lowest BCUT2D eigenvalue weighted by atomic mass is 10.0. The molecule has 7 heteroatoms. The van der Waals surface area contributed by atoms with Gasteiger partial charge in [0.2, 0.25) is 0 Å². The van der Waals surface area contributed by atoms with Crippen LogP contribution in [0.15, 0.2) is 0 Å². The SMILES string of the molecule is CN(C)C1CCCN(c2snc(N)c2C(N)=O)C1. The molecule has 2 rings (SSSR count). The summed E-state index contributed by atoms with van der Waals surface area (Å²) >= 11 is 1.26. The zero-order valence-electron chi connectivity index (χ0n) is 10.7. The molecule has 1 amide bonds. The third kappa shape index (κ3) is 2.41. The van der Waals surface area contributed by atoms with Gasteiger partial charge in [-0.25, -0.2) is 0 Å². The van der Waals surface area contributed by atoms with Gasteiger partial charge in [-0.3, -0.25) is 4.79 Å². The first-order valence-corrected chi connectivity index (χ1v) is 6.74. The maximum atomic E-state index is 11.4. The fraction of sp³-hybridized carbons (Fsp3) is 0.636. The number of primary amides is 1. The van der Waals surface area contributed by atoms with E-state index in [1.807, 2.05) is 0 Å². The average Bonchev–Trinajstić information content (AvgIpc) is 2.71. The molecule has 0 radical (unpaired) electrons. The summed E-state index contributed by atoms with van der Waals surface area (Å²) in [5.41, 5.74) is 11.5. The molecule has 1 aromatic rings. The zero-order valence-corrected chi connectivity index (χ0v) is 11.5. The molecule has 100 valence electrons. The van der Waals surface area contributed by atoms with Crippen LogP contribution in [0.25, 0.3) is 0 Å². The van der Waals surface area contributed by atoms with Gasteiger partial charge in [-0.1, -0.05) is 0 Å². The molecule has 4 N–H and O–H groups in total. The molecule has 1 atom stereocenters. The van der Waals surface area contributed by atoms with Gasteiger partial charge in [-0.15, -0.1) is 0 Å². The van der Waals surface area contributed by atoms with Gasteiger partial charge in [-0.05, 0) is 38.5 Å². The van der Waals surface area contributed by atoms with Crippen molar-refractivity contribution in [2.45, 2.75) is 18.9 Å². The van der Waals surface area contributed by atoms with Crippen LogP contribution in [0.4, 0.5) is 10.8 Å². The molecule has 2 heterocycles. The van der Waals surface area contributed by atoms with E-state index in [-0.39, 0.29) is 5.82 Å². The molecule has 18 heavy (non-hydrogen) atoms. The average molecular weight is 269 g/mol. The van der Waals surface area contributed by atoms with Crippen molar-refractivity contribution in [1.29, 1.82) is 0 Å². The lowest BCUT2D eigenvalue weighted by molar-refractivity contribution is 0.100. The summed E-state index contributed by atoms with van der Waals surface area (Å²) in [6.07, 6.45) is 2.27. The van der Waals surface area contributed by atoms with Gasteiger partial charge in [0.1, 0.15) is 10.6 Å². The molecule has 6 nitrogen and oxygen atoms in total. The number of anilines is 2. The summed E-state index contributed by atoms with van der Waals surface area (Å²) in [6, 6.07) is 0.489. The maximum Gasteiger partial charge on any atom is 0.255 e. The highest BCUT2D eigenvalue weighted by atomic mass is 32.1. The Balaban J connectivity index is 2.23. The van der Waals surface area contributed by atoms with Crippen LogP contribution in [0.1, 0.15) is 23.2 Å². The number of nitrogen functional groups attached to an aromatic ring is 1. The number of hydrogen-bond acceptors (Lipinski definition) is 6. The topological polar surface area (TPSA) is 88.5 Å². The van der Waals surface area contributed by atoms with Gasteiger partial charge in [0.05, 0.1) is 0 Å². The number of piperidine rings is 1. The van der Waals surface area contributed by atoms with Crippen molar-refractivity contribution >= 4 is 28.3 Å². The second-order valence-electron chi connectivity index (χ2n) is 4.82. The first-order chi connectivity index (χ1) is 8.50. The van der Waals surface area contributed by atoms with Crippen molar-refractivity contribution in [2.75, 3.05) is 37.8 Å². The summed E-state index contributed by atoms with van der Waals surface area (Å²) in [4.78, 5) is 15.8. The number of likely N-dealkylation sites (N-methyl/N-ethyl adjacent to an activating group) is 1. The van der Waals surface area contributed by atoms with Crippen LogP contribution >= 0.6 is 11.5 Å². The fourth-order valence-corrected chi connectivity index (χ4v) is 3.16. The first kappa shape index (κ1) is 13.1. The summed E-state index contributed by atoms with van der Waals surface area (Å²) < 4.78 is 4.05. The Morgan fingerprint density at radius 3 is 2.89 bits per heavy atom. The van der Waals surface area contributed by atoms with Crippen molar-refractivity contribution in [1.82, 2.24) is 9.27 Å². The van der Waals surface area contributed by atoms with Crippen molar-refractivity contribution in [3.8, 4) is 0 Å². The molecule has 0 saturated carbocycles. The molecule has 1 aliphatic rings. The van der Waals surface area contributed by atoms with Crippen molar-refractivity contribution < 1.29 is 4.79 Å². The van der Waals surface area contributed by atoms with E-state index in [4.69, 9.17) is 11.5 Å². The van der Waals surface area contributed by atoms with Gasteiger partial charge < -0.3 is 21.3 Å². The van der Waals surface area contributed by atoms with Gasteiger partial charge >= 0.3 is 0 Å². The molecule has 0 aromatic carbocycles. The quantitative estimate of drug-likeness (QED) is 0.827. The number of amides is 1. The van der Waals surface area contributed by atoms with Crippen LogP contribution in [-0.4, -0.2) is 48.4 Å². The summed E-state index contributed by atoms with van der Waals surface area (Å²) in [6.45, 7) is 1.81. The van der Waals surface area contributed by atoms with Gasteiger partial charge in [0.15, 0.2) is 5.82 Å². The monoisotopic (exact) mass is 269 g/mol. The van der Waals surface area contributed by atoms with Gasteiger partial charge in [-0.2, -0.15) is 4.37 Å². The van der Waals surface area contributed by atoms with Crippen molar-refractivity contribution in [3.05, 3.63) is 5.56 Å². The molecular weight excluding hydrogens is 250 g/mol. The second-order valence-corrected chi connectivity index (χ2v) is 5.57. The van der Waals surface area contributed by atoms with Crippen LogP contribution in [0.3, 0.4) is 0 Å². The van der Waals surface area contributed by atoms with E-state index >= 15 is 0 Å². The lowest BCUT2D eigenvalue weighted by Crippen LogP contribution is -2.45. The highest BCUT2D eigenvalue weighted by molar-refractivity contribution is 7.11. The lowest BCUT2D eigenvalue weighted by Gasteiger charge is -2.36. The third-order valence-electron chi connectivity index (χ3n) is 3.36. The number of nitrogens with two attached hydrogens (primary N) is 2. The number of aromatic nitrogens is 1. The highest BCUT2D eigenvalue weighted by Crippen LogP contribution is 2.32. The second kappa shape index (κ2) is 5.11. The highest BCUT2D eigenvalue weighted by Gasteiger charge is 2.27. The molecule has 1 unspecified atom stereocenters. The predicted octanol–water partition coefficient (Wildman–Crippen LogP) is 0.355. The maximum absolute atomic E-state index is 11.4. The number of carbonyl (C=O) groups excluding carboxylic acids is 1. The van der Waals surface area contributed by atoms with E-state index in [2.05, 4.69) is 28.3 Å². The van der Waals surface area contributed by atoms with Crippen LogP contribution in [0.5, 0.6) is 0 Å². The minimum Gasteiger partial charge on any atom is -0.382 e. The Labute approximate surface area is 111 Å². The largest absolute Gasteiger partial charge is 0.382 e. The van der Waals surface area contributed by atoms with Crippen LogP contribution in [-0.2, 0) is 0 Å². The Morgan fingerprint density at radius 2 is 2.28 bits per heavy atom. The van der Waals surface area contributed by atoms with Crippen LogP contribution in [0.2, 0.25) is 0 Å². The molecule has 1 aromatic heterocycles. The van der Waals surface area contributed by atoms with Gasteiger partial charge in [0, 0.05) is 19.1 Å². The van der Waals surface area contributed by atoms with E-state index in [1.165, 1.54) is 18.0 Å². The zero-order chi connectivity index (χ0) is 13.3. The number of nitrogens with zero attached hydrogens (tertiary/aromatic N) is 3. The van der Waals surface area contributed by atoms with Gasteiger partial charge in [0.25, 0.3) is 5.91 Å². The minimum atomic E-state index is -0.497. The van der Waals surface area contributed by atoms with Crippen molar-refractivity contribution in [2.24, 2.45) is 5.73 Å². The normalized spacial score (nSPS) is 20.4. The van der Waals surface area contributed by atoms with E-state index < -0.39 is 5.91 Å². The van der Waals surface area contributed by atoms with E-state index in [0.29, 0.717) is 11.6 Å². The van der Waals surface area contributed by atoms with E-state index in [1.54, 1.807) is 0 Å². The molecule has 1 aliphatic heterocycles. The standard InChI is InChI=1S/C11H19N5OS/c1-15(2)7-4-3-5-16(6-7)11-8(10(13)17)9(12)14-18-11/h7H,3-6H2,1-2H3,(H2,12,14)(H2,13,17). The van der Waals surface area contributed by atoms with E-state index in [0.717, 1.165) is 24.5 Å². The van der Waals surface area contributed by atoms with Crippen molar-refractivity contribution in [3.63, 3.8) is 0 Å². The molecule has 0 spiro atoms. The summed E-state index contributed by atoms with van der Waals surface area (Å²) in [5.74, 6) is -0.252. The first-order valence-electron chi connectivity index (χ1n) is 5.97. The minimum absolute atomic E-state index is 0.245. The molecule has 0 aliphatic carbocycles. The molecular formula is C11H19N5OS. The number of rotatable bonds is 3. The Kier molecular flexibility index (Phi) is 3.72. The Bertz CT molecular complexity index is 445. The smallest absolute Gasteiger partial charge is 0.255 e. The summed E-state index contributed by atoms with van der Waals surface area (Å²) in [5, 5.41) is 0.812. The Hall–Kier alpha value is -1.34. The van der Waals surface area contributed by atoms with Crippen LogP contribution < -0.4 is 16.4 Å². The Morgan fingerprint density at radius 1 is 1.56 bits per heavy atom. The number of hydrogen-bond donors (Lipinski definition) is 2. The predicted molar refractivity (Wildman–Crippen MR) is 74.0 cm³/mol. The summed E-state index contributed by atoms with van der Waals surface area (Å²) in [7, 11) is 4.15. The third-order valence-corrected chi connectivity index (χ3v) is 4.28.